The van der Waals surface area contributed by atoms with Gasteiger partial charge in [-0.2, -0.15) is 0 Å². The molecule has 0 atom stereocenters. The van der Waals surface area contributed by atoms with Gasteiger partial charge >= 0.3 is 5.97 Å². The van der Waals surface area contributed by atoms with Crippen molar-refractivity contribution < 1.29 is 19.1 Å². The molecular formula is C20H17BrN2O4S. The lowest BCUT2D eigenvalue weighted by atomic mass is 10.2. The van der Waals surface area contributed by atoms with Crippen LogP contribution in [0.4, 0.5) is 5.69 Å². The van der Waals surface area contributed by atoms with Crippen molar-refractivity contribution in [3.63, 3.8) is 0 Å². The summed E-state index contributed by atoms with van der Waals surface area (Å²) in [6.45, 7) is 3.57. The minimum atomic E-state index is -0.444. The van der Waals surface area contributed by atoms with Gasteiger partial charge < -0.3 is 14.8 Å². The average Bonchev–Trinajstić information content (AvgIpc) is 2.98. The van der Waals surface area contributed by atoms with Crippen LogP contribution in [-0.4, -0.2) is 23.7 Å². The number of rotatable bonds is 5. The first kappa shape index (κ1) is 20.2. The SMILES string of the molecule is CCOc1cc(/C=C2\SC(=Nc3ccccc3)NC2=O)cc(Br)c1OC(C)=O. The maximum Gasteiger partial charge on any atom is 0.308 e. The van der Waals surface area contributed by atoms with Gasteiger partial charge in [0, 0.05) is 6.92 Å². The van der Waals surface area contributed by atoms with Gasteiger partial charge in [-0.1, -0.05) is 18.2 Å². The van der Waals surface area contributed by atoms with Crippen molar-refractivity contribution in [2.24, 2.45) is 4.99 Å². The Bertz CT molecular complexity index is 974. The normalized spacial score (nSPS) is 16.3. The molecule has 3 rings (SSSR count). The minimum absolute atomic E-state index is 0.224. The van der Waals surface area contributed by atoms with E-state index in [9.17, 15) is 9.59 Å². The molecule has 0 bridgehead atoms. The van der Waals surface area contributed by atoms with E-state index in [1.165, 1.54) is 18.7 Å². The molecule has 8 heteroatoms. The number of aliphatic imine (C=N–C) groups is 1. The Morgan fingerprint density at radius 2 is 2.04 bits per heavy atom. The van der Waals surface area contributed by atoms with Crippen LogP contribution in [0.5, 0.6) is 11.5 Å². The highest BCUT2D eigenvalue weighted by atomic mass is 79.9. The van der Waals surface area contributed by atoms with E-state index >= 15 is 0 Å². The van der Waals surface area contributed by atoms with E-state index in [1.807, 2.05) is 37.3 Å². The van der Waals surface area contributed by atoms with Gasteiger partial charge in [0.1, 0.15) is 0 Å². The summed E-state index contributed by atoms with van der Waals surface area (Å²) in [5, 5.41) is 3.27. The van der Waals surface area contributed by atoms with Crippen LogP contribution < -0.4 is 14.8 Å². The van der Waals surface area contributed by atoms with E-state index < -0.39 is 5.97 Å². The van der Waals surface area contributed by atoms with Gasteiger partial charge in [-0.15, -0.1) is 0 Å². The van der Waals surface area contributed by atoms with Crippen molar-refractivity contribution in [3.05, 3.63) is 57.4 Å². The Morgan fingerprint density at radius 3 is 2.71 bits per heavy atom. The fraction of sp³-hybridized carbons (Fsp3) is 0.150. The zero-order valence-corrected chi connectivity index (χ0v) is 17.6. The highest BCUT2D eigenvalue weighted by Crippen LogP contribution is 2.38. The number of amides is 1. The highest BCUT2D eigenvalue weighted by molar-refractivity contribution is 9.10. The number of nitrogens with one attached hydrogen (secondary N) is 1. The van der Waals surface area contributed by atoms with Crippen molar-refractivity contribution in [1.82, 2.24) is 5.32 Å². The Hall–Kier alpha value is -2.58. The molecule has 0 radical (unpaired) electrons. The number of para-hydroxylation sites is 1. The van der Waals surface area contributed by atoms with Crippen molar-refractivity contribution >= 4 is 56.5 Å². The monoisotopic (exact) mass is 460 g/mol. The van der Waals surface area contributed by atoms with E-state index in [4.69, 9.17) is 9.47 Å². The maximum absolute atomic E-state index is 12.3. The first-order valence-corrected chi connectivity index (χ1v) is 10.1. The first-order chi connectivity index (χ1) is 13.5. The standard InChI is InChI=1S/C20H17BrN2O4S/c1-3-26-16-10-13(9-15(21)18(16)27-12(2)24)11-17-19(25)23-20(28-17)22-14-7-5-4-6-8-14/h4-11H,3H2,1-2H3,(H,22,23,25)/b17-11-. The van der Waals surface area contributed by atoms with E-state index in [-0.39, 0.29) is 5.91 Å². The molecule has 1 amide bonds. The zero-order valence-electron chi connectivity index (χ0n) is 15.2. The number of carbonyl (C=O) groups excluding carboxylic acids is 2. The van der Waals surface area contributed by atoms with E-state index in [0.717, 1.165) is 11.3 Å². The summed E-state index contributed by atoms with van der Waals surface area (Å²) in [5.41, 5.74) is 1.49. The van der Waals surface area contributed by atoms with Crippen LogP contribution in [0, 0.1) is 0 Å². The van der Waals surface area contributed by atoms with E-state index in [0.29, 0.717) is 32.7 Å². The van der Waals surface area contributed by atoms with Gasteiger partial charge in [0.05, 0.1) is 21.7 Å². The molecule has 2 aromatic rings. The predicted octanol–water partition coefficient (Wildman–Crippen LogP) is 4.66. The topological polar surface area (TPSA) is 77.0 Å². The summed E-state index contributed by atoms with van der Waals surface area (Å²) in [7, 11) is 0. The molecule has 0 spiro atoms. The highest BCUT2D eigenvalue weighted by Gasteiger charge is 2.24. The van der Waals surface area contributed by atoms with Crippen LogP contribution in [0.25, 0.3) is 6.08 Å². The van der Waals surface area contributed by atoms with Crippen LogP contribution in [0.1, 0.15) is 19.4 Å². The molecule has 1 aliphatic heterocycles. The van der Waals surface area contributed by atoms with Gasteiger partial charge in [-0.25, -0.2) is 4.99 Å². The summed E-state index contributed by atoms with van der Waals surface area (Å²) in [5.74, 6) is 0.0601. The van der Waals surface area contributed by atoms with Crippen LogP contribution >= 0.6 is 27.7 Å². The Kier molecular flexibility index (Phi) is 6.53. The van der Waals surface area contributed by atoms with E-state index in [1.54, 1.807) is 18.2 Å². The Labute approximate surface area is 175 Å². The quantitative estimate of drug-likeness (QED) is 0.398. The predicted molar refractivity (Wildman–Crippen MR) is 114 cm³/mol. The van der Waals surface area contributed by atoms with Gasteiger partial charge in [0.15, 0.2) is 16.7 Å². The molecule has 1 aliphatic rings. The number of nitrogens with zero attached hydrogens (tertiary/aromatic N) is 1. The number of hydrogen-bond acceptors (Lipinski definition) is 6. The molecule has 1 saturated heterocycles. The Balaban J connectivity index is 1.89. The van der Waals surface area contributed by atoms with Crippen molar-refractivity contribution in [2.45, 2.75) is 13.8 Å². The number of thioether (sulfide) groups is 1. The van der Waals surface area contributed by atoms with Crippen LogP contribution in [0.3, 0.4) is 0 Å². The van der Waals surface area contributed by atoms with Gasteiger partial charge in [-0.05, 0) is 70.5 Å². The van der Waals surface area contributed by atoms with Crippen molar-refractivity contribution in [3.8, 4) is 11.5 Å². The van der Waals surface area contributed by atoms with Crippen LogP contribution in [0.15, 0.2) is 56.8 Å². The first-order valence-electron chi connectivity index (χ1n) is 8.45. The molecule has 0 aromatic heterocycles. The van der Waals surface area contributed by atoms with Crippen LogP contribution in [0.2, 0.25) is 0 Å². The number of esters is 1. The molecular weight excluding hydrogens is 444 g/mol. The number of halogens is 1. The molecule has 1 fully saturated rings. The second kappa shape index (κ2) is 9.07. The molecule has 2 aromatic carbocycles. The smallest absolute Gasteiger partial charge is 0.308 e. The lowest BCUT2D eigenvalue weighted by Crippen LogP contribution is -2.19. The summed E-state index contributed by atoms with van der Waals surface area (Å²) in [4.78, 5) is 28.6. The summed E-state index contributed by atoms with van der Waals surface area (Å²) in [6, 6.07) is 12.9. The summed E-state index contributed by atoms with van der Waals surface area (Å²) in [6.07, 6.45) is 1.73. The fourth-order valence-corrected chi connectivity index (χ4v) is 3.81. The molecule has 1 heterocycles. The van der Waals surface area contributed by atoms with Crippen molar-refractivity contribution in [2.75, 3.05) is 6.61 Å². The largest absolute Gasteiger partial charge is 0.490 e. The van der Waals surface area contributed by atoms with E-state index in [2.05, 4.69) is 26.2 Å². The number of amidine groups is 1. The molecule has 28 heavy (non-hydrogen) atoms. The number of carbonyl (C=O) groups is 2. The molecule has 6 nitrogen and oxygen atoms in total. The molecule has 144 valence electrons. The lowest BCUT2D eigenvalue weighted by Gasteiger charge is -2.12. The maximum atomic E-state index is 12.3. The van der Waals surface area contributed by atoms with Gasteiger partial charge in [0.25, 0.3) is 5.91 Å². The van der Waals surface area contributed by atoms with Gasteiger partial charge in [0.2, 0.25) is 0 Å². The van der Waals surface area contributed by atoms with Crippen molar-refractivity contribution in [1.29, 1.82) is 0 Å². The molecule has 0 aliphatic carbocycles. The summed E-state index contributed by atoms with van der Waals surface area (Å²) < 4.78 is 11.4. The number of hydrogen-bond donors (Lipinski definition) is 1. The lowest BCUT2D eigenvalue weighted by molar-refractivity contribution is -0.132. The molecule has 1 N–H and O–H groups in total. The second-order valence-electron chi connectivity index (χ2n) is 5.67. The second-order valence-corrected chi connectivity index (χ2v) is 7.56. The Morgan fingerprint density at radius 1 is 1.29 bits per heavy atom. The fourth-order valence-electron chi connectivity index (χ4n) is 2.43. The minimum Gasteiger partial charge on any atom is -0.490 e. The third-order valence-electron chi connectivity index (χ3n) is 3.51. The third-order valence-corrected chi connectivity index (χ3v) is 5.01. The van der Waals surface area contributed by atoms with Crippen LogP contribution in [-0.2, 0) is 9.59 Å². The number of benzene rings is 2. The zero-order chi connectivity index (χ0) is 20.1. The van der Waals surface area contributed by atoms with Gasteiger partial charge in [-0.3, -0.25) is 9.59 Å². The summed E-state index contributed by atoms with van der Waals surface area (Å²) >= 11 is 4.66. The third kappa shape index (κ3) is 5.02. The average molecular weight is 461 g/mol. The molecule has 0 unspecified atom stereocenters. The number of ether oxygens (including phenoxy) is 2. The molecule has 0 saturated carbocycles.